The summed E-state index contributed by atoms with van der Waals surface area (Å²) in [6.45, 7) is 6.16. The van der Waals surface area contributed by atoms with E-state index in [0.29, 0.717) is 11.8 Å². The van der Waals surface area contributed by atoms with Crippen molar-refractivity contribution in [1.82, 2.24) is 15.2 Å². The van der Waals surface area contributed by atoms with E-state index < -0.39 is 0 Å². The van der Waals surface area contributed by atoms with Crippen LogP contribution >= 0.6 is 0 Å². The topological polar surface area (TPSA) is 62.7 Å². The van der Waals surface area contributed by atoms with Crippen LogP contribution < -0.4 is 10.6 Å². The molecular weight excluding hydrogens is 286 g/mol. The highest BCUT2D eigenvalue weighted by molar-refractivity contribution is 5.64. The molecule has 0 atom stereocenters. The van der Waals surface area contributed by atoms with Crippen molar-refractivity contribution >= 4 is 23.1 Å². The van der Waals surface area contributed by atoms with Crippen LogP contribution in [-0.4, -0.2) is 15.2 Å². The van der Waals surface area contributed by atoms with E-state index in [9.17, 15) is 0 Å². The Morgan fingerprint density at radius 1 is 0.826 bits per heavy atom. The summed E-state index contributed by atoms with van der Waals surface area (Å²) in [6.07, 6.45) is 1.61. The second kappa shape index (κ2) is 6.44. The average molecular weight is 305 g/mol. The van der Waals surface area contributed by atoms with Crippen molar-refractivity contribution in [2.75, 3.05) is 10.6 Å². The molecule has 1 heterocycles. The summed E-state index contributed by atoms with van der Waals surface area (Å²) in [5.74, 6) is 1.12. The van der Waals surface area contributed by atoms with E-state index in [4.69, 9.17) is 0 Å². The summed E-state index contributed by atoms with van der Waals surface area (Å²) in [5.41, 5.74) is 5.49. The van der Waals surface area contributed by atoms with Gasteiger partial charge in [0.15, 0.2) is 5.82 Å². The average Bonchev–Trinajstić information content (AvgIpc) is 2.54. The SMILES string of the molecule is Cc1ccc(Nc2cnnc(Nc3c(C)cccc3C)n2)cc1. The maximum atomic E-state index is 4.47. The Bertz CT molecular complexity index is 792. The van der Waals surface area contributed by atoms with Gasteiger partial charge in [-0.2, -0.15) is 10.1 Å². The monoisotopic (exact) mass is 305 g/mol. The van der Waals surface area contributed by atoms with Gasteiger partial charge in [0.25, 0.3) is 0 Å². The zero-order chi connectivity index (χ0) is 16.2. The molecule has 0 fully saturated rings. The molecular formula is C18H19N5. The number of anilines is 4. The minimum absolute atomic E-state index is 0.472. The Kier molecular flexibility index (Phi) is 4.19. The quantitative estimate of drug-likeness (QED) is 0.753. The van der Waals surface area contributed by atoms with Gasteiger partial charge in [-0.1, -0.05) is 35.9 Å². The molecule has 2 N–H and O–H groups in total. The molecule has 0 spiro atoms. The first kappa shape index (κ1) is 15.0. The lowest BCUT2D eigenvalue weighted by Crippen LogP contribution is -2.04. The fraction of sp³-hybridized carbons (Fsp3) is 0.167. The molecule has 1 aromatic heterocycles. The van der Waals surface area contributed by atoms with Gasteiger partial charge in [-0.25, -0.2) is 0 Å². The minimum Gasteiger partial charge on any atom is -0.339 e. The number of hydrogen-bond donors (Lipinski definition) is 2. The van der Waals surface area contributed by atoms with Crippen LogP contribution in [0.25, 0.3) is 0 Å². The van der Waals surface area contributed by atoms with Gasteiger partial charge in [0.2, 0.25) is 5.95 Å². The largest absolute Gasteiger partial charge is 0.339 e. The van der Waals surface area contributed by atoms with Crippen LogP contribution in [-0.2, 0) is 0 Å². The van der Waals surface area contributed by atoms with Gasteiger partial charge in [-0.05, 0) is 44.0 Å². The van der Waals surface area contributed by atoms with Gasteiger partial charge in [0.1, 0.15) is 0 Å². The van der Waals surface area contributed by atoms with Crippen LogP contribution in [0.3, 0.4) is 0 Å². The molecule has 0 saturated heterocycles. The highest BCUT2D eigenvalue weighted by Crippen LogP contribution is 2.23. The van der Waals surface area contributed by atoms with E-state index in [1.165, 1.54) is 5.56 Å². The highest BCUT2D eigenvalue weighted by Gasteiger charge is 2.06. The van der Waals surface area contributed by atoms with Crippen molar-refractivity contribution < 1.29 is 0 Å². The highest BCUT2D eigenvalue weighted by atomic mass is 15.3. The summed E-state index contributed by atoms with van der Waals surface area (Å²) in [7, 11) is 0. The number of benzene rings is 2. The van der Waals surface area contributed by atoms with Crippen molar-refractivity contribution in [3.63, 3.8) is 0 Å². The summed E-state index contributed by atoms with van der Waals surface area (Å²) in [6, 6.07) is 14.3. The van der Waals surface area contributed by atoms with Gasteiger partial charge < -0.3 is 10.6 Å². The molecule has 3 rings (SSSR count). The van der Waals surface area contributed by atoms with Crippen molar-refractivity contribution in [2.24, 2.45) is 0 Å². The summed E-state index contributed by atoms with van der Waals surface area (Å²) in [4.78, 5) is 4.47. The van der Waals surface area contributed by atoms with E-state index >= 15 is 0 Å². The molecule has 0 aliphatic rings. The lowest BCUT2D eigenvalue weighted by molar-refractivity contribution is 0.981. The molecule has 0 unspecified atom stereocenters. The van der Waals surface area contributed by atoms with Crippen LogP contribution in [0, 0.1) is 20.8 Å². The lowest BCUT2D eigenvalue weighted by atomic mass is 10.1. The summed E-state index contributed by atoms with van der Waals surface area (Å²) < 4.78 is 0. The maximum absolute atomic E-state index is 4.47. The molecule has 0 amide bonds. The first-order chi connectivity index (χ1) is 11.1. The predicted octanol–water partition coefficient (Wildman–Crippen LogP) is 4.28. The van der Waals surface area contributed by atoms with Crippen LogP contribution in [0.15, 0.2) is 48.7 Å². The van der Waals surface area contributed by atoms with Gasteiger partial charge >= 0.3 is 0 Å². The molecule has 5 nitrogen and oxygen atoms in total. The molecule has 0 saturated carbocycles. The number of hydrogen-bond acceptors (Lipinski definition) is 5. The smallest absolute Gasteiger partial charge is 0.249 e. The minimum atomic E-state index is 0.472. The summed E-state index contributed by atoms with van der Waals surface area (Å²) >= 11 is 0. The van der Waals surface area contributed by atoms with Crippen LogP contribution in [0.4, 0.5) is 23.1 Å². The molecule has 2 aromatic carbocycles. The zero-order valence-corrected chi connectivity index (χ0v) is 13.5. The molecule has 0 aliphatic carbocycles. The first-order valence-corrected chi connectivity index (χ1v) is 7.48. The second-order valence-corrected chi connectivity index (χ2v) is 5.55. The standard InChI is InChI=1S/C18H19N5/c1-12-7-9-15(10-8-12)20-16-11-19-23-18(21-16)22-17-13(2)5-4-6-14(17)3/h4-11H,1-3H3,(H2,20,21,22,23). The Morgan fingerprint density at radius 2 is 1.52 bits per heavy atom. The third kappa shape index (κ3) is 3.63. The van der Waals surface area contributed by atoms with Crippen LogP contribution in [0.1, 0.15) is 16.7 Å². The van der Waals surface area contributed by atoms with Gasteiger partial charge in [0.05, 0.1) is 6.20 Å². The zero-order valence-electron chi connectivity index (χ0n) is 13.5. The molecule has 5 heteroatoms. The number of aromatic nitrogens is 3. The number of nitrogens with zero attached hydrogens (tertiary/aromatic N) is 3. The molecule has 0 bridgehead atoms. The Labute approximate surface area is 135 Å². The van der Waals surface area contributed by atoms with E-state index in [-0.39, 0.29) is 0 Å². The van der Waals surface area contributed by atoms with Crippen LogP contribution in [0.2, 0.25) is 0 Å². The molecule has 116 valence electrons. The number of nitrogens with one attached hydrogen (secondary N) is 2. The van der Waals surface area contributed by atoms with E-state index in [0.717, 1.165) is 22.5 Å². The number of aryl methyl sites for hydroxylation is 3. The first-order valence-electron chi connectivity index (χ1n) is 7.48. The molecule has 0 aliphatic heterocycles. The third-order valence-corrected chi connectivity index (χ3v) is 3.60. The van der Waals surface area contributed by atoms with Gasteiger partial charge in [-0.3, -0.25) is 0 Å². The van der Waals surface area contributed by atoms with Crippen molar-refractivity contribution in [3.8, 4) is 0 Å². The van der Waals surface area contributed by atoms with E-state index in [1.807, 2.05) is 30.3 Å². The predicted molar refractivity (Wildman–Crippen MR) is 93.5 cm³/mol. The molecule has 0 radical (unpaired) electrons. The van der Waals surface area contributed by atoms with Gasteiger partial charge in [0, 0.05) is 11.4 Å². The van der Waals surface area contributed by atoms with Gasteiger partial charge in [-0.15, -0.1) is 5.10 Å². The second-order valence-electron chi connectivity index (χ2n) is 5.55. The number of rotatable bonds is 4. The maximum Gasteiger partial charge on any atom is 0.249 e. The Morgan fingerprint density at radius 3 is 2.22 bits per heavy atom. The molecule has 23 heavy (non-hydrogen) atoms. The van der Waals surface area contributed by atoms with Crippen molar-refractivity contribution in [2.45, 2.75) is 20.8 Å². The normalized spacial score (nSPS) is 10.4. The fourth-order valence-corrected chi connectivity index (χ4v) is 2.32. The van der Waals surface area contributed by atoms with E-state index in [1.54, 1.807) is 6.20 Å². The van der Waals surface area contributed by atoms with Crippen molar-refractivity contribution in [3.05, 3.63) is 65.4 Å². The Hall–Kier alpha value is -2.95. The molecule has 3 aromatic rings. The number of para-hydroxylation sites is 1. The van der Waals surface area contributed by atoms with E-state index in [2.05, 4.69) is 58.7 Å². The van der Waals surface area contributed by atoms with Crippen molar-refractivity contribution in [1.29, 1.82) is 0 Å². The summed E-state index contributed by atoms with van der Waals surface area (Å²) in [5, 5.41) is 14.6. The fourth-order valence-electron chi connectivity index (χ4n) is 2.32. The Balaban J connectivity index is 1.81. The lowest BCUT2D eigenvalue weighted by Gasteiger charge is -2.11. The third-order valence-electron chi connectivity index (χ3n) is 3.60. The van der Waals surface area contributed by atoms with Crippen LogP contribution in [0.5, 0.6) is 0 Å².